The van der Waals surface area contributed by atoms with E-state index in [0.29, 0.717) is 11.3 Å². The number of Topliss-reactive ketones (excluding diaryl/α,β-unsaturated/α-hetero) is 1. The van der Waals surface area contributed by atoms with Crippen molar-refractivity contribution in [2.75, 3.05) is 19.0 Å². The van der Waals surface area contributed by atoms with Crippen molar-refractivity contribution in [3.63, 3.8) is 0 Å². The third-order valence-electron chi connectivity index (χ3n) is 2.37. The van der Waals surface area contributed by atoms with Gasteiger partial charge in [0.2, 0.25) is 0 Å². The molecule has 0 aliphatic carbocycles. The van der Waals surface area contributed by atoms with Crippen LogP contribution in [0.1, 0.15) is 23.7 Å². The number of rotatable bonds is 5. The summed E-state index contributed by atoms with van der Waals surface area (Å²) in [6.07, 6.45) is 0.109. The smallest absolute Gasteiger partial charge is 0.319 e. The fourth-order valence-corrected chi connectivity index (χ4v) is 1.37. The van der Waals surface area contributed by atoms with E-state index in [1.165, 1.54) is 14.0 Å². The average molecular weight is 264 g/mol. The van der Waals surface area contributed by atoms with E-state index in [-0.39, 0.29) is 24.7 Å². The van der Waals surface area contributed by atoms with E-state index >= 15 is 0 Å². The second-order valence-corrected chi connectivity index (χ2v) is 3.84. The number of carbonyl (C=O) groups is 3. The van der Waals surface area contributed by atoms with Crippen molar-refractivity contribution in [3.05, 3.63) is 29.8 Å². The second-order valence-electron chi connectivity index (χ2n) is 3.84. The van der Waals surface area contributed by atoms with Crippen LogP contribution < -0.4 is 10.6 Å². The molecule has 19 heavy (non-hydrogen) atoms. The Balaban J connectivity index is 2.46. The van der Waals surface area contributed by atoms with E-state index in [9.17, 15) is 14.4 Å². The molecule has 1 rings (SSSR count). The van der Waals surface area contributed by atoms with Crippen molar-refractivity contribution >= 4 is 23.5 Å². The van der Waals surface area contributed by atoms with E-state index in [1.54, 1.807) is 24.3 Å². The molecule has 2 amide bonds. The molecule has 0 aromatic heterocycles. The van der Waals surface area contributed by atoms with Crippen molar-refractivity contribution < 1.29 is 19.1 Å². The number of urea groups is 1. The molecule has 102 valence electrons. The maximum atomic E-state index is 11.5. The van der Waals surface area contributed by atoms with E-state index in [2.05, 4.69) is 15.4 Å². The molecule has 6 heteroatoms. The molecule has 0 radical (unpaired) electrons. The highest BCUT2D eigenvalue weighted by molar-refractivity contribution is 5.96. The SMILES string of the molecule is COC(=O)CCNC(=O)Nc1cccc(C(C)=O)c1. The maximum absolute atomic E-state index is 11.5. The van der Waals surface area contributed by atoms with E-state index < -0.39 is 6.03 Å². The summed E-state index contributed by atoms with van der Waals surface area (Å²) in [6.45, 7) is 1.64. The summed E-state index contributed by atoms with van der Waals surface area (Å²) in [4.78, 5) is 33.5. The Morgan fingerprint density at radius 2 is 2.00 bits per heavy atom. The maximum Gasteiger partial charge on any atom is 0.319 e. The van der Waals surface area contributed by atoms with Gasteiger partial charge in [-0.15, -0.1) is 0 Å². The van der Waals surface area contributed by atoms with Gasteiger partial charge in [-0.1, -0.05) is 12.1 Å². The molecule has 1 aromatic carbocycles. The molecule has 0 heterocycles. The number of amides is 2. The molecule has 0 saturated heterocycles. The molecule has 0 unspecified atom stereocenters. The van der Waals surface area contributed by atoms with E-state index in [1.807, 2.05) is 0 Å². The minimum absolute atomic E-state index is 0.0743. The lowest BCUT2D eigenvalue weighted by molar-refractivity contribution is -0.140. The third-order valence-corrected chi connectivity index (χ3v) is 2.37. The van der Waals surface area contributed by atoms with Crippen LogP contribution in [-0.2, 0) is 9.53 Å². The van der Waals surface area contributed by atoms with Gasteiger partial charge in [0.25, 0.3) is 0 Å². The minimum atomic E-state index is -0.440. The van der Waals surface area contributed by atoms with Crippen molar-refractivity contribution in [2.45, 2.75) is 13.3 Å². The molecule has 0 fully saturated rings. The number of carbonyl (C=O) groups excluding carboxylic acids is 3. The zero-order valence-electron chi connectivity index (χ0n) is 10.9. The fourth-order valence-electron chi connectivity index (χ4n) is 1.37. The molecule has 0 saturated carbocycles. The van der Waals surface area contributed by atoms with Crippen LogP contribution >= 0.6 is 0 Å². The number of nitrogens with one attached hydrogen (secondary N) is 2. The number of ether oxygens (including phenoxy) is 1. The molecule has 2 N–H and O–H groups in total. The topological polar surface area (TPSA) is 84.5 Å². The van der Waals surface area contributed by atoms with Crippen LogP contribution in [0.5, 0.6) is 0 Å². The number of methoxy groups -OCH3 is 1. The number of hydrogen-bond acceptors (Lipinski definition) is 4. The molecule has 0 spiro atoms. The van der Waals surface area contributed by atoms with Gasteiger partial charge in [0.05, 0.1) is 13.5 Å². The van der Waals surface area contributed by atoms with Crippen molar-refractivity contribution in [1.29, 1.82) is 0 Å². The molecule has 0 bridgehead atoms. The zero-order valence-corrected chi connectivity index (χ0v) is 10.9. The number of ketones is 1. The van der Waals surface area contributed by atoms with Crippen molar-refractivity contribution in [3.8, 4) is 0 Å². The van der Waals surface area contributed by atoms with Crippen LogP contribution in [0.3, 0.4) is 0 Å². The Labute approximate surface area is 111 Å². The zero-order chi connectivity index (χ0) is 14.3. The predicted octanol–water partition coefficient (Wildman–Crippen LogP) is 1.57. The van der Waals surface area contributed by atoms with Crippen LogP contribution in [0.15, 0.2) is 24.3 Å². The van der Waals surface area contributed by atoms with Crippen LogP contribution in [-0.4, -0.2) is 31.4 Å². The summed E-state index contributed by atoms with van der Waals surface area (Å²) in [5.41, 5.74) is 1.04. The molecule has 0 aliphatic heterocycles. The monoisotopic (exact) mass is 264 g/mol. The molecular formula is C13H16N2O4. The molecule has 6 nitrogen and oxygen atoms in total. The quantitative estimate of drug-likeness (QED) is 0.624. The number of hydrogen-bond donors (Lipinski definition) is 2. The Hall–Kier alpha value is -2.37. The Bertz CT molecular complexity index is 485. The Morgan fingerprint density at radius 3 is 2.63 bits per heavy atom. The normalized spacial score (nSPS) is 9.58. The second kappa shape index (κ2) is 7.15. The lowest BCUT2D eigenvalue weighted by Crippen LogP contribution is -2.30. The summed E-state index contributed by atoms with van der Waals surface area (Å²) >= 11 is 0. The van der Waals surface area contributed by atoms with Crippen LogP contribution in [0.2, 0.25) is 0 Å². The first-order valence-corrected chi connectivity index (χ1v) is 5.75. The van der Waals surface area contributed by atoms with Gasteiger partial charge in [-0.2, -0.15) is 0 Å². The molecule has 0 aliphatic rings. The summed E-state index contributed by atoms with van der Waals surface area (Å²) in [6, 6.07) is 6.17. The average Bonchev–Trinajstić information content (AvgIpc) is 2.38. The van der Waals surface area contributed by atoms with E-state index in [4.69, 9.17) is 0 Å². The third kappa shape index (κ3) is 5.20. The molecule has 0 atom stereocenters. The lowest BCUT2D eigenvalue weighted by Gasteiger charge is -2.07. The molecule has 1 aromatic rings. The standard InChI is InChI=1S/C13H16N2O4/c1-9(16)10-4-3-5-11(8-10)15-13(18)14-7-6-12(17)19-2/h3-5,8H,6-7H2,1-2H3,(H2,14,15,18). The largest absolute Gasteiger partial charge is 0.469 e. The highest BCUT2D eigenvalue weighted by Crippen LogP contribution is 2.10. The van der Waals surface area contributed by atoms with Crippen LogP contribution in [0.25, 0.3) is 0 Å². The lowest BCUT2D eigenvalue weighted by atomic mass is 10.1. The first-order chi connectivity index (χ1) is 9.02. The Morgan fingerprint density at radius 1 is 1.26 bits per heavy atom. The number of anilines is 1. The van der Waals surface area contributed by atoms with Crippen LogP contribution in [0, 0.1) is 0 Å². The van der Waals surface area contributed by atoms with Crippen LogP contribution in [0.4, 0.5) is 10.5 Å². The molecular weight excluding hydrogens is 248 g/mol. The van der Waals surface area contributed by atoms with Crippen molar-refractivity contribution in [2.24, 2.45) is 0 Å². The highest BCUT2D eigenvalue weighted by atomic mass is 16.5. The summed E-state index contributed by atoms with van der Waals surface area (Å²) in [5.74, 6) is -0.464. The first kappa shape index (κ1) is 14.7. The van der Waals surface area contributed by atoms with Gasteiger partial charge in [-0.05, 0) is 19.1 Å². The summed E-state index contributed by atoms with van der Waals surface area (Å²) in [5, 5.41) is 5.08. The predicted molar refractivity (Wildman–Crippen MR) is 70.1 cm³/mol. The summed E-state index contributed by atoms with van der Waals surface area (Å²) in [7, 11) is 1.29. The number of benzene rings is 1. The summed E-state index contributed by atoms with van der Waals surface area (Å²) < 4.78 is 4.44. The fraction of sp³-hybridized carbons (Fsp3) is 0.308. The first-order valence-electron chi connectivity index (χ1n) is 5.75. The van der Waals surface area contributed by atoms with Gasteiger partial charge in [-0.25, -0.2) is 4.79 Å². The van der Waals surface area contributed by atoms with Gasteiger partial charge in [-0.3, -0.25) is 9.59 Å². The van der Waals surface area contributed by atoms with Gasteiger partial charge in [0.15, 0.2) is 5.78 Å². The number of esters is 1. The Kier molecular flexibility index (Phi) is 5.53. The van der Waals surface area contributed by atoms with Gasteiger partial charge in [0, 0.05) is 17.8 Å². The minimum Gasteiger partial charge on any atom is -0.469 e. The van der Waals surface area contributed by atoms with Gasteiger partial charge >= 0.3 is 12.0 Å². The van der Waals surface area contributed by atoms with Gasteiger partial charge in [0.1, 0.15) is 0 Å². The van der Waals surface area contributed by atoms with Crippen molar-refractivity contribution in [1.82, 2.24) is 5.32 Å². The van der Waals surface area contributed by atoms with E-state index in [0.717, 1.165) is 0 Å². The van der Waals surface area contributed by atoms with Gasteiger partial charge < -0.3 is 15.4 Å². The highest BCUT2D eigenvalue weighted by Gasteiger charge is 2.05.